The second kappa shape index (κ2) is 12.7. The molecule has 2 amide bonds. The number of aromatic amines is 1. The summed E-state index contributed by atoms with van der Waals surface area (Å²) >= 11 is 0. The lowest BCUT2D eigenvalue weighted by atomic mass is 9.95. The summed E-state index contributed by atoms with van der Waals surface area (Å²) in [7, 11) is 3.57. The maximum atomic E-state index is 15.0. The first-order valence-corrected chi connectivity index (χ1v) is 15.1. The molecule has 2 aromatic carbocycles. The van der Waals surface area contributed by atoms with Crippen molar-refractivity contribution in [3.63, 3.8) is 0 Å². The number of nitrogens with one attached hydrogen (secondary N) is 2. The number of carbonyl (C=O) groups is 2. The average molecular weight is 600 g/mol. The van der Waals surface area contributed by atoms with Crippen LogP contribution in [-0.2, 0) is 11.3 Å². The van der Waals surface area contributed by atoms with Crippen LogP contribution in [0.25, 0.3) is 22.2 Å². The fraction of sp³-hybridized carbons (Fsp3) is 0.394. The third kappa shape index (κ3) is 6.15. The van der Waals surface area contributed by atoms with Crippen molar-refractivity contribution in [2.75, 3.05) is 46.9 Å². The number of amides is 2. The van der Waals surface area contributed by atoms with E-state index in [1.807, 2.05) is 41.0 Å². The maximum absolute atomic E-state index is 15.0. The molecule has 2 N–H and O–H groups in total. The van der Waals surface area contributed by atoms with Crippen molar-refractivity contribution in [1.29, 1.82) is 0 Å². The molecule has 2 aromatic heterocycles. The van der Waals surface area contributed by atoms with Crippen LogP contribution in [0.2, 0.25) is 0 Å². The molecule has 4 heterocycles. The lowest BCUT2D eigenvalue weighted by Crippen LogP contribution is -2.59. The van der Waals surface area contributed by atoms with Gasteiger partial charge in [0.05, 0.1) is 18.7 Å². The number of piperazine rings is 1. The highest BCUT2D eigenvalue weighted by molar-refractivity contribution is 6.01. The van der Waals surface area contributed by atoms with Crippen LogP contribution < -0.4 is 10.1 Å². The molecule has 6 rings (SSSR count). The highest BCUT2D eigenvalue weighted by Crippen LogP contribution is 2.30. The van der Waals surface area contributed by atoms with Gasteiger partial charge in [0.15, 0.2) is 0 Å². The minimum absolute atomic E-state index is 0.0578. The van der Waals surface area contributed by atoms with E-state index in [1.165, 1.54) is 13.2 Å². The molecule has 2 atom stereocenters. The number of ether oxygens (including phenoxy) is 1. The summed E-state index contributed by atoms with van der Waals surface area (Å²) < 4.78 is 20.5. The minimum atomic E-state index is -0.412. The van der Waals surface area contributed by atoms with Crippen LogP contribution in [0, 0.1) is 12.7 Å². The lowest BCUT2D eigenvalue weighted by Gasteiger charge is -2.42. The number of H-pyrrole nitrogens is 1. The van der Waals surface area contributed by atoms with E-state index < -0.39 is 6.04 Å². The molecular weight excluding hydrogens is 561 g/mol. The molecule has 4 aromatic rings. The molecule has 2 unspecified atom stereocenters. The van der Waals surface area contributed by atoms with Gasteiger partial charge in [-0.3, -0.25) is 24.6 Å². The smallest absolute Gasteiger partial charge is 0.251 e. The highest BCUT2D eigenvalue weighted by atomic mass is 19.1. The second-order valence-electron chi connectivity index (χ2n) is 11.8. The van der Waals surface area contributed by atoms with Crippen LogP contribution in [0.5, 0.6) is 5.75 Å². The summed E-state index contributed by atoms with van der Waals surface area (Å²) in [5, 5.41) is 11.6. The van der Waals surface area contributed by atoms with Crippen molar-refractivity contribution >= 4 is 22.7 Å². The van der Waals surface area contributed by atoms with Crippen molar-refractivity contribution in [3.05, 3.63) is 77.4 Å². The minimum Gasteiger partial charge on any atom is -0.496 e. The molecule has 2 fully saturated rings. The number of aryl methyl sites for hydroxylation is 1. The summed E-state index contributed by atoms with van der Waals surface area (Å²) in [4.78, 5) is 37.7. The van der Waals surface area contributed by atoms with E-state index in [0.29, 0.717) is 49.4 Å². The molecular formula is C33H38FN7O3. The number of fused-ring (bicyclic) bond motifs is 1. The van der Waals surface area contributed by atoms with Gasteiger partial charge in [-0.05, 0) is 69.3 Å². The summed E-state index contributed by atoms with van der Waals surface area (Å²) in [5.74, 6) is -0.0878. The second-order valence-corrected chi connectivity index (χ2v) is 11.8. The number of piperidine rings is 1. The number of likely N-dealkylation sites (tertiary alicyclic amines) is 1. The zero-order valence-electron chi connectivity index (χ0n) is 25.3. The molecule has 2 aliphatic heterocycles. The Morgan fingerprint density at radius 2 is 1.91 bits per heavy atom. The van der Waals surface area contributed by atoms with E-state index in [2.05, 4.69) is 32.4 Å². The number of likely N-dealkylation sites (N-methyl/N-ethyl adjacent to an activating group) is 1. The quantitative estimate of drug-likeness (QED) is 0.334. The number of benzene rings is 2. The number of nitrogens with zero attached hydrogens (tertiary/aromatic N) is 5. The zero-order valence-corrected chi connectivity index (χ0v) is 25.3. The van der Waals surface area contributed by atoms with Gasteiger partial charge in [-0.2, -0.15) is 5.10 Å². The Bertz CT molecular complexity index is 1670. The monoisotopic (exact) mass is 599 g/mol. The summed E-state index contributed by atoms with van der Waals surface area (Å²) in [6.07, 6.45) is 2.94. The van der Waals surface area contributed by atoms with E-state index in [-0.39, 0.29) is 30.2 Å². The molecule has 0 aliphatic carbocycles. The number of hydrogen-bond acceptors (Lipinski definition) is 7. The standard InChI is InChI=1S/C33H38FN7O3/c1-21-17-22(11-12-35-21)31-25-18-23(7-9-28(25)37-38-31)32(42)36-24-8-10-29(33(43)40-15-13-39(2)14-16-40)41(19-24)20-26-27(34)5-4-6-30(26)44-3/h4-7,9,11-12,17-18,24,29H,8,10,13-16,19-20H2,1-3H3,(H,36,42)(H,37,38). The SMILES string of the molecule is COc1cccc(F)c1CN1CC(NC(=O)c2ccc3[nH]nc(-c4ccnc(C)c4)c3c2)CCC1C(=O)N1CCN(C)CC1. The number of carbonyl (C=O) groups excluding carboxylic acids is 2. The molecule has 2 aliphatic rings. The zero-order chi connectivity index (χ0) is 30.8. The first-order chi connectivity index (χ1) is 21.3. The first kappa shape index (κ1) is 29.7. The van der Waals surface area contributed by atoms with Gasteiger partial charge < -0.3 is 19.9 Å². The van der Waals surface area contributed by atoms with Gasteiger partial charge in [0, 0.05) is 79.3 Å². The number of methoxy groups -OCH3 is 1. The van der Waals surface area contributed by atoms with Crippen LogP contribution >= 0.6 is 0 Å². The van der Waals surface area contributed by atoms with Gasteiger partial charge in [-0.1, -0.05) is 6.07 Å². The summed E-state index contributed by atoms with van der Waals surface area (Å²) in [6, 6.07) is 13.5. The van der Waals surface area contributed by atoms with E-state index >= 15 is 4.39 Å². The fourth-order valence-corrected chi connectivity index (χ4v) is 6.28. The van der Waals surface area contributed by atoms with Crippen LogP contribution in [0.4, 0.5) is 4.39 Å². The molecule has 0 bridgehead atoms. The third-order valence-electron chi connectivity index (χ3n) is 8.77. The van der Waals surface area contributed by atoms with Gasteiger partial charge in [-0.25, -0.2) is 4.39 Å². The van der Waals surface area contributed by atoms with E-state index in [1.54, 1.807) is 24.4 Å². The van der Waals surface area contributed by atoms with Gasteiger partial charge in [0.1, 0.15) is 17.3 Å². The van der Waals surface area contributed by atoms with Crippen molar-refractivity contribution < 1.29 is 18.7 Å². The van der Waals surface area contributed by atoms with Gasteiger partial charge in [0.25, 0.3) is 5.91 Å². The number of pyridine rings is 1. The molecule has 0 spiro atoms. The van der Waals surface area contributed by atoms with E-state index in [9.17, 15) is 9.59 Å². The molecule has 0 radical (unpaired) electrons. The Labute approximate surface area is 256 Å². The number of aromatic nitrogens is 3. The number of hydrogen-bond donors (Lipinski definition) is 2. The maximum Gasteiger partial charge on any atom is 0.251 e. The lowest BCUT2D eigenvalue weighted by molar-refractivity contribution is -0.140. The normalized spacial score (nSPS) is 19.7. The molecule has 10 nitrogen and oxygen atoms in total. The predicted octanol–water partition coefficient (Wildman–Crippen LogP) is 3.62. The van der Waals surface area contributed by atoms with E-state index in [0.717, 1.165) is 40.9 Å². The summed E-state index contributed by atoms with van der Waals surface area (Å²) in [6.45, 7) is 5.51. The van der Waals surface area contributed by atoms with Gasteiger partial charge in [0.2, 0.25) is 5.91 Å². The number of rotatable bonds is 7. The van der Waals surface area contributed by atoms with Crippen molar-refractivity contribution in [3.8, 4) is 17.0 Å². The fourth-order valence-electron chi connectivity index (χ4n) is 6.28. The first-order valence-electron chi connectivity index (χ1n) is 15.1. The topological polar surface area (TPSA) is 107 Å². The number of halogens is 1. The molecule has 44 heavy (non-hydrogen) atoms. The Morgan fingerprint density at radius 1 is 1.09 bits per heavy atom. The summed E-state index contributed by atoms with van der Waals surface area (Å²) in [5.41, 5.74) is 4.31. The molecule has 230 valence electrons. The van der Waals surface area contributed by atoms with Crippen LogP contribution in [0.3, 0.4) is 0 Å². The molecule has 11 heteroatoms. The van der Waals surface area contributed by atoms with E-state index in [4.69, 9.17) is 4.74 Å². The Morgan fingerprint density at radius 3 is 2.68 bits per heavy atom. The van der Waals surface area contributed by atoms with Crippen LogP contribution in [0.15, 0.2) is 54.7 Å². The molecule has 2 saturated heterocycles. The Hall–Kier alpha value is -4.35. The van der Waals surface area contributed by atoms with Crippen molar-refractivity contribution in [2.45, 2.75) is 38.4 Å². The third-order valence-corrected chi connectivity index (χ3v) is 8.77. The molecule has 0 saturated carbocycles. The van der Waals surface area contributed by atoms with Crippen molar-refractivity contribution in [2.24, 2.45) is 0 Å². The Kier molecular flexibility index (Phi) is 8.58. The average Bonchev–Trinajstić information content (AvgIpc) is 3.46. The Balaban J connectivity index is 1.22. The van der Waals surface area contributed by atoms with Crippen LogP contribution in [-0.4, -0.2) is 101 Å². The van der Waals surface area contributed by atoms with Crippen molar-refractivity contribution in [1.82, 2.24) is 35.2 Å². The van der Waals surface area contributed by atoms with Gasteiger partial charge >= 0.3 is 0 Å². The predicted molar refractivity (Wildman–Crippen MR) is 166 cm³/mol. The van der Waals surface area contributed by atoms with Gasteiger partial charge in [-0.15, -0.1) is 0 Å². The van der Waals surface area contributed by atoms with Crippen LogP contribution in [0.1, 0.15) is 34.5 Å². The highest BCUT2D eigenvalue weighted by Gasteiger charge is 2.37. The largest absolute Gasteiger partial charge is 0.496 e.